The van der Waals surface area contributed by atoms with Crippen molar-refractivity contribution in [1.29, 1.82) is 0 Å². The molecule has 2 N–H and O–H groups in total. The van der Waals surface area contributed by atoms with Crippen molar-refractivity contribution in [2.75, 3.05) is 13.1 Å². The van der Waals surface area contributed by atoms with Crippen molar-refractivity contribution in [2.24, 2.45) is 5.92 Å². The predicted octanol–water partition coefficient (Wildman–Crippen LogP) is 2.66. The van der Waals surface area contributed by atoms with E-state index in [1.807, 2.05) is 4.90 Å². The molecule has 2 fully saturated rings. The van der Waals surface area contributed by atoms with Gasteiger partial charge in [-0.25, -0.2) is 4.79 Å². The van der Waals surface area contributed by atoms with E-state index in [0.717, 1.165) is 51.6 Å². The highest BCUT2D eigenvalue weighted by molar-refractivity contribution is 5.79. The smallest absolute Gasteiger partial charge is 0.317 e. The molecule has 1 heterocycles. The zero-order valence-corrected chi connectivity index (χ0v) is 14.1. The number of nitrogens with zero attached hydrogens (tertiary/aromatic N) is 1. The van der Waals surface area contributed by atoms with Crippen LogP contribution in [0.1, 0.15) is 65.2 Å². The molecular formula is C17H31N3O2. The number of piperidine rings is 1. The highest BCUT2D eigenvalue weighted by Crippen LogP contribution is 2.19. The molecule has 0 spiro atoms. The van der Waals surface area contributed by atoms with Gasteiger partial charge in [0.05, 0.1) is 0 Å². The first-order valence-electron chi connectivity index (χ1n) is 8.99. The Labute approximate surface area is 134 Å². The molecule has 0 radical (unpaired) electrons. The summed E-state index contributed by atoms with van der Waals surface area (Å²) in [5.74, 6) is 0.308. The highest BCUT2D eigenvalue weighted by atomic mass is 16.2. The number of rotatable bonds is 5. The lowest BCUT2D eigenvalue weighted by Gasteiger charge is -2.33. The molecule has 0 aromatic rings. The molecule has 22 heavy (non-hydrogen) atoms. The van der Waals surface area contributed by atoms with Gasteiger partial charge in [-0.3, -0.25) is 4.79 Å². The van der Waals surface area contributed by atoms with E-state index in [1.54, 1.807) is 0 Å². The quantitative estimate of drug-likeness (QED) is 0.820. The van der Waals surface area contributed by atoms with Crippen LogP contribution in [0, 0.1) is 5.92 Å². The molecule has 5 nitrogen and oxygen atoms in total. The molecule has 0 bridgehead atoms. The lowest BCUT2D eigenvalue weighted by Crippen LogP contribution is -2.51. The Bertz CT molecular complexity index is 368. The summed E-state index contributed by atoms with van der Waals surface area (Å²) in [6.07, 6.45) is 8.22. The fourth-order valence-corrected chi connectivity index (χ4v) is 3.54. The van der Waals surface area contributed by atoms with Crippen LogP contribution in [0.15, 0.2) is 0 Å². The second-order valence-corrected chi connectivity index (χ2v) is 6.71. The zero-order chi connectivity index (χ0) is 15.9. The van der Waals surface area contributed by atoms with Crippen molar-refractivity contribution in [1.82, 2.24) is 15.5 Å². The third-order valence-corrected chi connectivity index (χ3v) is 5.17. The second kappa shape index (κ2) is 8.39. The minimum absolute atomic E-state index is 0.0802. The third-order valence-electron chi connectivity index (χ3n) is 5.17. The number of hydrogen-bond donors (Lipinski definition) is 2. The van der Waals surface area contributed by atoms with Gasteiger partial charge in [0.2, 0.25) is 5.91 Å². The summed E-state index contributed by atoms with van der Waals surface area (Å²) >= 11 is 0. The minimum Gasteiger partial charge on any atom is -0.353 e. The number of urea groups is 1. The molecule has 126 valence electrons. The third kappa shape index (κ3) is 4.62. The van der Waals surface area contributed by atoms with Crippen LogP contribution in [-0.4, -0.2) is 42.0 Å². The first-order valence-corrected chi connectivity index (χ1v) is 8.99. The number of carbonyl (C=O) groups is 2. The van der Waals surface area contributed by atoms with Gasteiger partial charge in [0.15, 0.2) is 0 Å². The highest BCUT2D eigenvalue weighted by Gasteiger charge is 2.27. The first-order chi connectivity index (χ1) is 10.6. The largest absolute Gasteiger partial charge is 0.353 e. The van der Waals surface area contributed by atoms with Crippen LogP contribution in [0.4, 0.5) is 4.79 Å². The van der Waals surface area contributed by atoms with Gasteiger partial charge in [-0.15, -0.1) is 0 Å². The Hall–Kier alpha value is -1.26. The average molecular weight is 309 g/mol. The number of amides is 3. The van der Waals surface area contributed by atoms with E-state index < -0.39 is 0 Å². The summed E-state index contributed by atoms with van der Waals surface area (Å²) in [7, 11) is 0. The molecule has 1 aliphatic heterocycles. The normalized spacial score (nSPS) is 20.4. The maximum absolute atomic E-state index is 12.2. The molecule has 1 saturated heterocycles. The van der Waals surface area contributed by atoms with Crippen LogP contribution in [0.2, 0.25) is 0 Å². The van der Waals surface area contributed by atoms with Gasteiger partial charge in [0, 0.05) is 31.1 Å². The van der Waals surface area contributed by atoms with Gasteiger partial charge in [0.25, 0.3) is 0 Å². The van der Waals surface area contributed by atoms with E-state index in [4.69, 9.17) is 0 Å². The Morgan fingerprint density at radius 3 is 2.05 bits per heavy atom. The maximum atomic E-state index is 12.2. The fraction of sp³-hybridized carbons (Fsp3) is 0.882. The Morgan fingerprint density at radius 2 is 1.50 bits per heavy atom. The molecule has 1 saturated carbocycles. The fourth-order valence-electron chi connectivity index (χ4n) is 3.54. The molecule has 3 amide bonds. The monoisotopic (exact) mass is 309 g/mol. The van der Waals surface area contributed by atoms with E-state index in [9.17, 15) is 9.59 Å². The standard InChI is InChI=1S/C17H31N3O2/c1-3-13(4-2)16(21)18-15-9-11-20(12-10-15)17(22)19-14-7-5-6-8-14/h13-15H,3-12H2,1-2H3,(H,18,21)(H,19,22). The molecule has 0 atom stereocenters. The molecule has 0 aromatic carbocycles. The Balaban J connectivity index is 1.70. The van der Waals surface area contributed by atoms with Gasteiger partial charge < -0.3 is 15.5 Å². The molecule has 0 aromatic heterocycles. The maximum Gasteiger partial charge on any atom is 0.317 e. The molecule has 0 unspecified atom stereocenters. The molecule has 1 aliphatic carbocycles. The van der Waals surface area contributed by atoms with Crippen molar-refractivity contribution in [3.05, 3.63) is 0 Å². The summed E-state index contributed by atoms with van der Waals surface area (Å²) in [6, 6.07) is 0.681. The van der Waals surface area contributed by atoms with Crippen LogP contribution in [0.5, 0.6) is 0 Å². The minimum atomic E-state index is 0.0802. The lowest BCUT2D eigenvalue weighted by molar-refractivity contribution is -0.126. The van der Waals surface area contributed by atoms with E-state index >= 15 is 0 Å². The van der Waals surface area contributed by atoms with E-state index in [1.165, 1.54) is 12.8 Å². The number of hydrogen-bond acceptors (Lipinski definition) is 2. The summed E-state index contributed by atoms with van der Waals surface area (Å²) < 4.78 is 0. The van der Waals surface area contributed by atoms with Crippen molar-refractivity contribution in [2.45, 2.75) is 77.3 Å². The molecule has 2 aliphatic rings. The molecular weight excluding hydrogens is 278 g/mol. The summed E-state index contributed by atoms with van der Waals surface area (Å²) in [6.45, 7) is 5.60. The van der Waals surface area contributed by atoms with Crippen LogP contribution in [0.3, 0.4) is 0 Å². The summed E-state index contributed by atoms with van der Waals surface area (Å²) in [4.78, 5) is 26.2. The summed E-state index contributed by atoms with van der Waals surface area (Å²) in [5.41, 5.74) is 0. The van der Waals surface area contributed by atoms with Gasteiger partial charge in [-0.2, -0.15) is 0 Å². The SMILES string of the molecule is CCC(CC)C(=O)NC1CCN(C(=O)NC2CCCC2)CC1. The molecule has 2 rings (SSSR count). The van der Waals surface area contributed by atoms with Gasteiger partial charge in [0.1, 0.15) is 0 Å². The van der Waals surface area contributed by atoms with Crippen LogP contribution in [0.25, 0.3) is 0 Å². The van der Waals surface area contributed by atoms with Gasteiger partial charge >= 0.3 is 6.03 Å². The van der Waals surface area contributed by atoms with Crippen LogP contribution in [-0.2, 0) is 4.79 Å². The van der Waals surface area contributed by atoms with E-state index in [0.29, 0.717) is 6.04 Å². The van der Waals surface area contributed by atoms with Crippen molar-refractivity contribution >= 4 is 11.9 Å². The number of likely N-dealkylation sites (tertiary alicyclic amines) is 1. The Kier molecular flexibility index (Phi) is 6.52. The van der Waals surface area contributed by atoms with E-state index in [2.05, 4.69) is 24.5 Å². The Morgan fingerprint density at radius 1 is 0.955 bits per heavy atom. The molecule has 5 heteroatoms. The number of nitrogens with one attached hydrogen (secondary N) is 2. The van der Waals surface area contributed by atoms with Crippen molar-refractivity contribution in [3.63, 3.8) is 0 Å². The van der Waals surface area contributed by atoms with Crippen LogP contribution < -0.4 is 10.6 Å². The van der Waals surface area contributed by atoms with Crippen molar-refractivity contribution < 1.29 is 9.59 Å². The second-order valence-electron chi connectivity index (χ2n) is 6.71. The van der Waals surface area contributed by atoms with E-state index in [-0.39, 0.29) is 23.9 Å². The van der Waals surface area contributed by atoms with Gasteiger partial charge in [-0.05, 0) is 38.5 Å². The lowest BCUT2D eigenvalue weighted by atomic mass is 10.00. The topological polar surface area (TPSA) is 61.4 Å². The predicted molar refractivity (Wildman–Crippen MR) is 87.6 cm³/mol. The van der Waals surface area contributed by atoms with Gasteiger partial charge in [-0.1, -0.05) is 26.7 Å². The number of carbonyl (C=O) groups excluding carboxylic acids is 2. The summed E-state index contributed by atoms with van der Waals surface area (Å²) in [5, 5.41) is 6.30. The van der Waals surface area contributed by atoms with Crippen molar-refractivity contribution in [3.8, 4) is 0 Å². The zero-order valence-electron chi connectivity index (χ0n) is 14.1. The average Bonchev–Trinajstić information content (AvgIpc) is 3.02. The first kappa shape index (κ1) is 17.1. The van der Waals surface area contributed by atoms with Crippen LogP contribution >= 0.6 is 0 Å².